The molecule has 9 aromatic rings. The van der Waals surface area contributed by atoms with E-state index < -0.39 is 0 Å². The summed E-state index contributed by atoms with van der Waals surface area (Å²) < 4.78 is 0. The van der Waals surface area contributed by atoms with Gasteiger partial charge in [0.05, 0.1) is 5.41 Å². The van der Waals surface area contributed by atoms with E-state index in [1.807, 2.05) is 0 Å². The van der Waals surface area contributed by atoms with E-state index in [1.54, 1.807) is 0 Å². The minimum absolute atomic E-state index is 0.0786. The normalized spacial score (nSPS) is 15.8. The minimum atomic E-state index is -0.388. The molecule has 2 nitrogen and oxygen atoms in total. The van der Waals surface area contributed by atoms with Gasteiger partial charge in [0.2, 0.25) is 0 Å². The molecule has 1 spiro atoms. The Kier molecular flexibility index (Phi) is 7.81. The molecule has 2 heterocycles. The fourth-order valence-corrected chi connectivity index (χ4v) is 12.8. The molecular weight excluding hydrogens is 771 g/mol. The van der Waals surface area contributed by atoms with Gasteiger partial charge in [0.25, 0.3) is 6.71 Å². The van der Waals surface area contributed by atoms with Crippen molar-refractivity contribution in [1.29, 1.82) is 0 Å². The number of para-hydroxylation sites is 3. The molecule has 1 saturated carbocycles. The fourth-order valence-electron chi connectivity index (χ4n) is 12.8. The Labute approximate surface area is 376 Å². The summed E-state index contributed by atoms with van der Waals surface area (Å²) in [7, 11) is 0. The Bertz CT molecular complexity index is 3280. The molecule has 0 aromatic heterocycles. The number of hydrogen-bond acceptors (Lipinski definition) is 2. The molecule has 5 aliphatic rings. The van der Waals surface area contributed by atoms with Crippen LogP contribution in [-0.4, -0.2) is 6.71 Å². The van der Waals surface area contributed by atoms with Crippen LogP contribution in [0.2, 0.25) is 0 Å². The van der Waals surface area contributed by atoms with Gasteiger partial charge in [0, 0.05) is 34.1 Å². The first-order chi connectivity index (χ1) is 31.8. The van der Waals surface area contributed by atoms with Gasteiger partial charge in [-0.1, -0.05) is 171 Å². The van der Waals surface area contributed by atoms with Crippen LogP contribution in [0.5, 0.6) is 0 Å². The maximum absolute atomic E-state index is 2.60. The van der Waals surface area contributed by atoms with E-state index in [9.17, 15) is 0 Å². The van der Waals surface area contributed by atoms with E-state index in [-0.39, 0.29) is 12.1 Å². The van der Waals surface area contributed by atoms with E-state index in [2.05, 4.69) is 216 Å². The molecule has 0 radical (unpaired) electrons. The number of rotatable bonds is 4. The molecule has 3 aliphatic carbocycles. The molecule has 1 fully saturated rings. The third-order valence-electron chi connectivity index (χ3n) is 15.4. The van der Waals surface area contributed by atoms with Crippen molar-refractivity contribution in [3.63, 3.8) is 0 Å². The van der Waals surface area contributed by atoms with Crippen LogP contribution < -0.4 is 26.2 Å². The highest BCUT2D eigenvalue weighted by Crippen LogP contribution is 2.63. The van der Waals surface area contributed by atoms with E-state index in [0.717, 1.165) is 0 Å². The third-order valence-corrected chi connectivity index (χ3v) is 15.4. The number of fused-ring (bicyclic) bond motifs is 14. The average molecular weight is 817 g/mol. The van der Waals surface area contributed by atoms with Crippen LogP contribution in [0.25, 0.3) is 33.4 Å². The molecule has 0 atom stereocenters. The topological polar surface area (TPSA) is 6.48 Å². The van der Waals surface area contributed by atoms with Crippen molar-refractivity contribution in [1.82, 2.24) is 0 Å². The van der Waals surface area contributed by atoms with Gasteiger partial charge in [-0.2, -0.15) is 0 Å². The van der Waals surface area contributed by atoms with Crippen molar-refractivity contribution in [3.05, 3.63) is 234 Å². The van der Waals surface area contributed by atoms with Crippen LogP contribution in [0.1, 0.15) is 65.8 Å². The standard InChI is InChI=1S/C61H45BN2/c1-4-18-40(19-5-1)43-38-58-60-59(39-43)64(45-22-8-3-9-23-45)57-37-42(33-35-55(57)62(60)54-30-16-17-31-56(54)63(58)44-20-6-2-7-21-44)41-32-34-49-48-26-12-15-29-52(48)61(53(49)36-41)50-27-13-10-24-46(50)47-25-11-14-28-51(47)61/h2-3,6-17,20-40H,1,4-5,18-19H2. The largest absolute Gasteiger partial charge is 0.311 e. The molecule has 9 aromatic carbocycles. The first-order valence-electron chi connectivity index (χ1n) is 23.3. The van der Waals surface area contributed by atoms with Crippen LogP contribution in [0.15, 0.2) is 206 Å². The van der Waals surface area contributed by atoms with Crippen molar-refractivity contribution in [2.75, 3.05) is 9.80 Å². The van der Waals surface area contributed by atoms with Crippen molar-refractivity contribution in [2.24, 2.45) is 0 Å². The Morgan fingerprint density at radius 3 is 1.48 bits per heavy atom. The van der Waals surface area contributed by atoms with Gasteiger partial charge in [-0.05, 0) is 151 Å². The molecule has 2 aliphatic heterocycles. The van der Waals surface area contributed by atoms with Crippen LogP contribution in [0.4, 0.5) is 34.1 Å². The highest BCUT2D eigenvalue weighted by molar-refractivity contribution is 7.00. The van der Waals surface area contributed by atoms with Crippen LogP contribution in [0.3, 0.4) is 0 Å². The number of hydrogen-bond donors (Lipinski definition) is 0. The predicted octanol–water partition coefficient (Wildman–Crippen LogP) is 13.8. The second-order valence-corrected chi connectivity index (χ2v) is 18.6. The van der Waals surface area contributed by atoms with Gasteiger partial charge < -0.3 is 9.80 Å². The monoisotopic (exact) mass is 816 g/mol. The van der Waals surface area contributed by atoms with Crippen molar-refractivity contribution >= 4 is 57.2 Å². The summed E-state index contributed by atoms with van der Waals surface area (Å²) in [5, 5.41) is 0. The Balaban J connectivity index is 1.01. The summed E-state index contributed by atoms with van der Waals surface area (Å²) in [6.45, 7) is 0.0786. The van der Waals surface area contributed by atoms with E-state index in [1.165, 1.54) is 144 Å². The van der Waals surface area contributed by atoms with Gasteiger partial charge >= 0.3 is 0 Å². The highest BCUT2D eigenvalue weighted by atomic mass is 15.2. The molecule has 0 amide bonds. The number of benzene rings is 9. The van der Waals surface area contributed by atoms with Gasteiger partial charge in [-0.25, -0.2) is 0 Å². The first-order valence-corrected chi connectivity index (χ1v) is 23.3. The SMILES string of the molecule is c1ccc(N2c3ccccc3B3c4ccc(-c5ccc6c(c5)C5(c7ccccc7-c7ccccc75)c5ccccc5-6)cc4N(c4ccccc4)c4cc(C5CCCCC5)cc2c43)cc1. The lowest BCUT2D eigenvalue weighted by molar-refractivity contribution is 0.444. The summed E-state index contributed by atoms with van der Waals surface area (Å²) in [6.07, 6.45) is 6.41. The molecule has 64 heavy (non-hydrogen) atoms. The predicted molar refractivity (Wildman–Crippen MR) is 268 cm³/mol. The van der Waals surface area contributed by atoms with Gasteiger partial charge in [0.1, 0.15) is 0 Å². The molecule has 0 N–H and O–H groups in total. The molecule has 0 unspecified atom stereocenters. The minimum Gasteiger partial charge on any atom is -0.311 e. The zero-order valence-corrected chi connectivity index (χ0v) is 35.7. The number of nitrogens with zero attached hydrogens (tertiary/aromatic N) is 2. The Hall–Kier alpha value is -7.36. The second-order valence-electron chi connectivity index (χ2n) is 18.6. The summed E-state index contributed by atoms with van der Waals surface area (Å²) in [4.78, 5) is 5.16. The fraction of sp³-hybridized carbons (Fsp3) is 0.115. The molecule has 0 bridgehead atoms. The summed E-state index contributed by atoms with van der Waals surface area (Å²) in [5.74, 6) is 0.544. The maximum atomic E-state index is 2.60. The van der Waals surface area contributed by atoms with Gasteiger partial charge in [0.15, 0.2) is 0 Å². The maximum Gasteiger partial charge on any atom is 0.252 e. The van der Waals surface area contributed by atoms with Gasteiger partial charge in [-0.3, -0.25) is 0 Å². The molecule has 14 rings (SSSR count). The number of anilines is 6. The second kappa shape index (κ2) is 13.8. The third kappa shape index (κ3) is 4.93. The van der Waals surface area contributed by atoms with Crippen molar-refractivity contribution < 1.29 is 0 Å². The van der Waals surface area contributed by atoms with Gasteiger partial charge in [-0.15, -0.1) is 0 Å². The summed E-state index contributed by atoms with van der Waals surface area (Å²) in [5.41, 5.74) is 26.0. The summed E-state index contributed by atoms with van der Waals surface area (Å²) >= 11 is 0. The van der Waals surface area contributed by atoms with E-state index in [4.69, 9.17) is 0 Å². The molecule has 0 saturated heterocycles. The Morgan fingerprint density at radius 1 is 0.375 bits per heavy atom. The molecule has 302 valence electrons. The van der Waals surface area contributed by atoms with Crippen LogP contribution in [0, 0.1) is 0 Å². The average Bonchev–Trinajstić information content (AvgIpc) is 3.84. The lowest BCUT2D eigenvalue weighted by Gasteiger charge is -2.45. The Morgan fingerprint density at radius 2 is 0.859 bits per heavy atom. The molecular formula is C61H45BN2. The van der Waals surface area contributed by atoms with Crippen LogP contribution >= 0.6 is 0 Å². The van der Waals surface area contributed by atoms with Crippen molar-refractivity contribution in [3.8, 4) is 33.4 Å². The van der Waals surface area contributed by atoms with E-state index >= 15 is 0 Å². The zero-order chi connectivity index (χ0) is 41.9. The highest BCUT2D eigenvalue weighted by Gasteiger charge is 2.52. The van der Waals surface area contributed by atoms with Crippen LogP contribution in [-0.2, 0) is 5.41 Å². The quantitative estimate of drug-likeness (QED) is 0.163. The first kappa shape index (κ1) is 36.2. The lowest BCUT2D eigenvalue weighted by Crippen LogP contribution is -2.61. The lowest BCUT2D eigenvalue weighted by atomic mass is 9.33. The van der Waals surface area contributed by atoms with E-state index in [0.29, 0.717) is 5.92 Å². The smallest absolute Gasteiger partial charge is 0.252 e. The summed E-state index contributed by atoms with van der Waals surface area (Å²) in [6, 6.07) is 78.6. The van der Waals surface area contributed by atoms with Crippen molar-refractivity contribution in [2.45, 2.75) is 43.4 Å². The molecule has 3 heteroatoms. The zero-order valence-electron chi connectivity index (χ0n) is 35.7.